The first kappa shape index (κ1) is 109. The molecule has 8 aliphatic rings. The van der Waals surface area contributed by atoms with Crippen molar-refractivity contribution in [3.8, 4) is 0 Å². The maximum absolute atomic E-state index is 15.1. The summed E-state index contributed by atoms with van der Waals surface area (Å²) >= 11 is 0. The molecule has 0 saturated carbocycles. The van der Waals surface area contributed by atoms with Crippen LogP contribution < -0.4 is 31.5 Å². The normalized spacial score (nSPS) is 39.0. The van der Waals surface area contributed by atoms with Crippen LogP contribution in [0.1, 0.15) is 72.4 Å². The molecule has 0 aromatic heterocycles. The third kappa shape index (κ3) is 24.0. The molecule has 5 aromatic carbocycles. The SMILES string of the molecule is CC(=O)N[C@@H]1[C@@H]([C@H](O)[C@H](O)CO)O[C@](O[C@H]2[C@@H](O)[C@@H](O[C@@H]3[C@@H](O[C@H]4O[C@H](C)[C@H](O)[C@@H](O)[C@H]4O)[C@@H](NC(=O)c4ccc5ccccc5c4)[C@@H](OCCc4cccc(CCO[C@@H]5O[C@@H](CO)[C@@H](O[C@@H]6O[C@@H](CO)[C@H](O)[C@H](O[C@]7(C(=O)[O-])C[C@@H](O)[C@@H](NC(C)=O)[C@H]([C@H](O)[C@H](O)CO)O7)[C@@H]6O)[C@H](O[C@@H]6O[C@@H](C)[C@@H](O)[C@H](O)[C@@H]6O)[C@@H]5NC(=O)c5ccc6ccccc6c5)c4)O[C@@H]3CO)O[C@H](CO)[C@H]2O)(C(=O)[O-])C[C@@H]1O. The van der Waals surface area contributed by atoms with Crippen LogP contribution in [0.2, 0.25) is 0 Å². The predicted octanol–water partition coefficient (Wildman–Crippen LogP) is -13.4. The van der Waals surface area contributed by atoms with Crippen LogP contribution >= 0.6 is 0 Å². The molecule has 0 spiro atoms. The number of carboxylic acids is 2. The molecule has 8 heterocycles. The highest BCUT2D eigenvalue weighted by Gasteiger charge is 2.63. The van der Waals surface area contributed by atoms with Gasteiger partial charge in [-0.25, -0.2) is 0 Å². The molecule has 26 N–H and O–H groups in total. The van der Waals surface area contributed by atoms with E-state index in [4.69, 9.17) is 75.8 Å². The standard InChI is InChI=1S/C90H122N4O46/c1-35-59(107)65(113)67(115)83(127-35)135-75-57(93-79(119)45-18-16-41-12-5-7-14-43(41)25-45)81(131-53(33-99)71(75)133-85-69(117)77(63(111)51(31-97)129-85)139-89(87(121)122)27-47(103)55(91-37(3)101)73(137-89)61(109)49(105)29-95)125-22-20-39-10-9-11-40(24-39)21-23-126-82-58(94-80(120)46-19-17-42-13-6-8-15-44(42)26-46)76(136-84-68(116)66(114)60(108)36(2)128-84)72(54(34-100)132-82)134-86-70(118)78(64(112)52(32-98)130-86)140-90(88(123)124)28-48(104)56(92-38(4)102)74(138-90)62(110)50(106)30-96/h5-19,24-26,35-36,47-78,81-86,95-100,103-118H,20-23,27-34H2,1-4H3,(H,91,101)(H,92,102)(H,93,119)(H,94,120)(H,121,122)(H,123,124)/p-2/t35-,36+,47+,48-,49-,50-,51-,52+,53-,54+,55+,56-,57-,58+,59+,60-,61-,62-,63-,64+,65-,66+,67-,68+,69-,70+,71+,72-,73+,74-,75+,76-,77-,78+,81+,82-,83-,84+,85-,86+,89-,90+/m1/s1. The highest BCUT2D eigenvalue weighted by molar-refractivity contribution is 6.00. The number of carbonyl (C=O) groups is 6. The number of rotatable bonds is 38. The van der Waals surface area contributed by atoms with Crippen LogP contribution in [0.4, 0.5) is 0 Å². The first-order valence-electron chi connectivity index (χ1n) is 45.3. The topological polar surface area (TPSA) is 789 Å². The summed E-state index contributed by atoms with van der Waals surface area (Å²) in [6.45, 7) is -3.30. The van der Waals surface area contributed by atoms with E-state index in [9.17, 15) is 142 Å². The van der Waals surface area contributed by atoms with E-state index in [0.29, 0.717) is 32.7 Å². The largest absolute Gasteiger partial charge is 0.544 e. The van der Waals surface area contributed by atoms with E-state index >= 15 is 9.59 Å². The van der Waals surface area contributed by atoms with E-state index in [1.54, 1.807) is 84.9 Å². The van der Waals surface area contributed by atoms with Crippen LogP contribution in [0.25, 0.3) is 21.5 Å². The average Bonchev–Trinajstić information content (AvgIpc) is 0.756. The Bertz CT molecular complexity index is 4670. The highest BCUT2D eigenvalue weighted by atomic mass is 16.8. The number of benzene rings is 5. The van der Waals surface area contributed by atoms with Crippen molar-refractivity contribution in [2.45, 2.75) is 310 Å². The van der Waals surface area contributed by atoms with Crippen molar-refractivity contribution in [2.24, 2.45) is 0 Å². The fourth-order valence-corrected chi connectivity index (χ4v) is 18.4. The van der Waals surface area contributed by atoms with Gasteiger partial charge in [-0.1, -0.05) is 84.9 Å². The molecule has 50 nitrogen and oxygen atoms in total. The molecule has 4 amide bonds. The monoisotopic (exact) mass is 1990 g/mol. The van der Waals surface area contributed by atoms with Crippen LogP contribution in [0.3, 0.4) is 0 Å². The zero-order chi connectivity index (χ0) is 102. The lowest BCUT2D eigenvalue weighted by molar-refractivity contribution is -0.413. The van der Waals surface area contributed by atoms with Gasteiger partial charge in [-0.2, -0.15) is 0 Å². The molecular weight excluding hydrogens is 1870 g/mol. The second kappa shape index (κ2) is 47.4. The Hall–Kier alpha value is -8.08. The molecule has 0 bridgehead atoms. The van der Waals surface area contributed by atoms with Crippen molar-refractivity contribution in [3.05, 3.63) is 131 Å². The van der Waals surface area contributed by atoms with Crippen LogP contribution in [-0.4, -0.2) is 457 Å². The van der Waals surface area contributed by atoms with Crippen molar-refractivity contribution in [1.82, 2.24) is 21.3 Å². The summed E-state index contributed by atoms with van der Waals surface area (Å²) in [6, 6.07) is 22.5. The molecule has 13 rings (SSSR count). The van der Waals surface area contributed by atoms with Crippen molar-refractivity contribution >= 4 is 57.1 Å². The van der Waals surface area contributed by atoms with Crippen LogP contribution in [0.15, 0.2) is 109 Å². The fourth-order valence-electron chi connectivity index (χ4n) is 18.4. The Labute approximate surface area is 796 Å². The predicted molar refractivity (Wildman–Crippen MR) is 457 cm³/mol. The van der Waals surface area contributed by atoms with Gasteiger partial charge in [0.25, 0.3) is 11.8 Å². The van der Waals surface area contributed by atoms with Gasteiger partial charge in [0, 0.05) is 37.8 Å². The summed E-state index contributed by atoms with van der Waals surface area (Å²) < 4.78 is 99.1. The Morgan fingerprint density at radius 1 is 0.379 bits per heavy atom. The van der Waals surface area contributed by atoms with E-state index in [1.807, 2.05) is 0 Å². The minimum absolute atomic E-state index is 0.0160. The van der Waals surface area contributed by atoms with Gasteiger partial charge in [0.1, 0.15) is 183 Å². The van der Waals surface area contributed by atoms with Gasteiger partial charge < -0.3 is 229 Å². The number of carbonyl (C=O) groups excluding carboxylic acids is 6. The molecule has 42 atom stereocenters. The van der Waals surface area contributed by atoms with Crippen molar-refractivity contribution in [3.63, 3.8) is 0 Å². The number of hydrogen-bond acceptors (Lipinski definition) is 46. The minimum Gasteiger partial charge on any atom is -0.544 e. The van der Waals surface area contributed by atoms with Gasteiger partial charge in [0.2, 0.25) is 23.4 Å². The lowest BCUT2D eigenvalue weighted by Crippen LogP contribution is -2.72. The second-order valence-corrected chi connectivity index (χ2v) is 35.7. The Morgan fingerprint density at radius 2 is 0.721 bits per heavy atom. The zero-order valence-corrected chi connectivity index (χ0v) is 75.6. The number of aliphatic carboxylic acids is 2. The fraction of sp³-hybridized carbons (Fsp3) is 0.644. The van der Waals surface area contributed by atoms with Crippen molar-refractivity contribution < 1.29 is 227 Å². The third-order valence-electron chi connectivity index (χ3n) is 26.0. The highest BCUT2D eigenvalue weighted by Crippen LogP contribution is 2.44. The smallest absolute Gasteiger partial charge is 0.251 e. The molecule has 140 heavy (non-hydrogen) atoms. The second-order valence-electron chi connectivity index (χ2n) is 35.7. The number of ether oxygens (including phenoxy) is 16. The summed E-state index contributed by atoms with van der Waals surface area (Å²) in [6.07, 6.45) is -77.4. The van der Waals surface area contributed by atoms with Crippen LogP contribution in [0, 0.1) is 0 Å². The molecule has 5 aromatic rings. The summed E-state index contributed by atoms with van der Waals surface area (Å²) in [5.74, 6) is -15.0. The van der Waals surface area contributed by atoms with E-state index in [2.05, 4.69) is 21.3 Å². The number of aliphatic hydroxyl groups is 22. The van der Waals surface area contributed by atoms with E-state index in [1.165, 1.54) is 38.1 Å². The average molecular weight is 1990 g/mol. The summed E-state index contributed by atoms with van der Waals surface area (Å²) in [5, 5.41) is 287. The number of fused-ring (bicyclic) bond motifs is 2. The number of hydrogen-bond donors (Lipinski definition) is 26. The summed E-state index contributed by atoms with van der Waals surface area (Å²) in [7, 11) is 0. The van der Waals surface area contributed by atoms with Gasteiger partial charge in [-0.15, -0.1) is 0 Å². The molecular formula is C90H120N4O46-2. The first-order valence-corrected chi connectivity index (χ1v) is 45.3. The molecule has 50 heteroatoms. The number of carboxylic acid groups (broad SMARTS) is 2. The van der Waals surface area contributed by atoms with E-state index in [-0.39, 0.29) is 24.0 Å². The molecule has 8 aliphatic heterocycles. The van der Waals surface area contributed by atoms with Gasteiger partial charge in [-0.05, 0) is 83.6 Å². The van der Waals surface area contributed by atoms with Gasteiger partial charge in [-0.3, -0.25) is 19.2 Å². The zero-order valence-electron chi connectivity index (χ0n) is 75.6. The molecule has 0 radical (unpaired) electrons. The van der Waals surface area contributed by atoms with Gasteiger partial charge in [0.05, 0.1) is 89.4 Å². The molecule has 778 valence electrons. The Balaban J connectivity index is 0.795. The van der Waals surface area contributed by atoms with E-state index in [0.717, 1.165) is 13.8 Å². The number of aliphatic hydroxyl groups excluding tert-OH is 22. The minimum atomic E-state index is -3.40. The summed E-state index contributed by atoms with van der Waals surface area (Å²) in [5.41, 5.74) is 0.942. The van der Waals surface area contributed by atoms with Crippen molar-refractivity contribution in [1.29, 1.82) is 0 Å². The molecule has 8 saturated heterocycles. The van der Waals surface area contributed by atoms with Crippen molar-refractivity contribution in [2.75, 3.05) is 52.9 Å². The van der Waals surface area contributed by atoms with E-state index < -0.39 is 358 Å². The quantitative estimate of drug-likeness (QED) is 0.0174. The Kier molecular flexibility index (Phi) is 37.0. The number of amides is 4. The van der Waals surface area contributed by atoms with Crippen LogP contribution in [0.5, 0.6) is 0 Å². The maximum atomic E-state index is 15.1. The summed E-state index contributed by atoms with van der Waals surface area (Å²) in [4.78, 5) is 81.8. The van der Waals surface area contributed by atoms with Gasteiger partial charge >= 0.3 is 0 Å². The van der Waals surface area contributed by atoms with Gasteiger partial charge in [0.15, 0.2) is 37.7 Å². The third-order valence-corrected chi connectivity index (χ3v) is 26.0. The number of nitrogens with one attached hydrogen (secondary N) is 4. The van der Waals surface area contributed by atoms with Crippen LogP contribution in [-0.2, 0) is 108 Å². The molecule has 0 aliphatic carbocycles. The lowest BCUT2D eigenvalue weighted by atomic mass is 9.88. The Morgan fingerprint density at radius 3 is 1.06 bits per heavy atom. The molecule has 0 unspecified atom stereocenters. The lowest BCUT2D eigenvalue weighted by Gasteiger charge is -2.53. The first-order chi connectivity index (χ1) is 66.6. The molecule has 8 fully saturated rings. The maximum Gasteiger partial charge on any atom is 0.251 e.